The molecule has 0 unspecified atom stereocenters. The first-order valence-corrected chi connectivity index (χ1v) is 12.2. The average Bonchev–Trinajstić information content (AvgIpc) is 2.59. The van der Waals surface area contributed by atoms with Gasteiger partial charge in [0.05, 0.1) is 0 Å². The van der Waals surface area contributed by atoms with Crippen LogP contribution in [-0.2, 0) is 0 Å². The van der Waals surface area contributed by atoms with Crippen molar-refractivity contribution in [2.75, 3.05) is 0 Å². The molecular weight excluding hydrogens is 373 g/mol. The monoisotopic (exact) mass is 421 g/mol. The maximum Gasteiger partial charge on any atom is 0.00696 e. The lowest BCUT2D eigenvalue weighted by atomic mass is 9.94. The Hall–Kier alpha value is 0.540. The van der Waals surface area contributed by atoms with Crippen LogP contribution in [0.2, 0.25) is 0 Å². The molecule has 0 spiro atoms. The second kappa shape index (κ2) is 19.8. The van der Waals surface area contributed by atoms with Gasteiger partial charge in [-0.3, -0.25) is 0 Å². The van der Waals surface area contributed by atoms with Gasteiger partial charge in [-0.25, -0.2) is 0 Å². The SMILES string of the molecule is C1CCCCCC(NC2CCCCCCCCCCC2)CCCCC1.Cl.Cl. The van der Waals surface area contributed by atoms with Gasteiger partial charge < -0.3 is 5.32 Å². The van der Waals surface area contributed by atoms with E-state index in [1.54, 1.807) is 0 Å². The Balaban J connectivity index is 0.00000338. The Labute approximate surface area is 183 Å². The molecule has 0 aromatic heterocycles. The predicted octanol–water partition coefficient (Wildman–Crippen LogP) is 8.77. The van der Waals surface area contributed by atoms with Crippen molar-refractivity contribution >= 4 is 24.8 Å². The van der Waals surface area contributed by atoms with E-state index >= 15 is 0 Å². The van der Waals surface area contributed by atoms with Gasteiger partial charge in [0.15, 0.2) is 0 Å². The number of nitrogens with one attached hydrogen (secondary N) is 1. The molecule has 0 aromatic carbocycles. The fraction of sp³-hybridized carbons (Fsp3) is 1.00. The van der Waals surface area contributed by atoms with Crippen LogP contribution in [0.5, 0.6) is 0 Å². The Bertz CT molecular complexity index is 246. The summed E-state index contributed by atoms with van der Waals surface area (Å²) < 4.78 is 0. The van der Waals surface area contributed by atoms with Crippen molar-refractivity contribution < 1.29 is 0 Å². The van der Waals surface area contributed by atoms with Crippen LogP contribution in [0.4, 0.5) is 0 Å². The summed E-state index contributed by atoms with van der Waals surface area (Å²) in [5, 5.41) is 4.16. The molecule has 2 aliphatic carbocycles. The van der Waals surface area contributed by atoms with E-state index in [9.17, 15) is 0 Å². The normalized spacial score (nSPS) is 24.0. The van der Waals surface area contributed by atoms with Crippen LogP contribution in [0.25, 0.3) is 0 Å². The molecular formula is C24H49Cl2N. The maximum absolute atomic E-state index is 4.16. The Morgan fingerprint density at radius 2 is 0.481 bits per heavy atom. The smallest absolute Gasteiger partial charge is 0.00696 e. The van der Waals surface area contributed by atoms with Crippen molar-refractivity contribution in [1.29, 1.82) is 0 Å². The second-order valence-electron chi connectivity index (χ2n) is 9.08. The Kier molecular flexibility index (Phi) is 20.2. The van der Waals surface area contributed by atoms with Crippen molar-refractivity contribution in [2.24, 2.45) is 0 Å². The summed E-state index contributed by atoms with van der Waals surface area (Å²) in [7, 11) is 0. The van der Waals surface area contributed by atoms with Crippen LogP contribution in [0.3, 0.4) is 0 Å². The summed E-state index contributed by atoms with van der Waals surface area (Å²) in [5.41, 5.74) is 0. The van der Waals surface area contributed by atoms with Gasteiger partial charge in [0.2, 0.25) is 0 Å². The van der Waals surface area contributed by atoms with E-state index < -0.39 is 0 Å². The van der Waals surface area contributed by atoms with Gasteiger partial charge in [-0.1, -0.05) is 116 Å². The summed E-state index contributed by atoms with van der Waals surface area (Å²) in [6.45, 7) is 0. The van der Waals surface area contributed by atoms with Crippen molar-refractivity contribution in [1.82, 2.24) is 5.32 Å². The molecule has 0 radical (unpaired) electrons. The third-order valence-electron chi connectivity index (χ3n) is 6.68. The molecule has 1 nitrogen and oxygen atoms in total. The lowest BCUT2D eigenvalue weighted by molar-refractivity contribution is 0.325. The van der Waals surface area contributed by atoms with Crippen molar-refractivity contribution in [3.8, 4) is 0 Å². The van der Waals surface area contributed by atoms with Crippen LogP contribution < -0.4 is 5.32 Å². The molecule has 164 valence electrons. The van der Waals surface area contributed by atoms with Gasteiger partial charge in [-0.15, -0.1) is 24.8 Å². The highest BCUT2D eigenvalue weighted by atomic mass is 35.5. The minimum Gasteiger partial charge on any atom is -0.311 e. The van der Waals surface area contributed by atoms with Crippen LogP contribution in [-0.4, -0.2) is 12.1 Å². The zero-order chi connectivity index (χ0) is 17.4. The average molecular weight is 423 g/mol. The molecule has 0 bridgehead atoms. The van der Waals surface area contributed by atoms with E-state index in [-0.39, 0.29) is 24.8 Å². The van der Waals surface area contributed by atoms with Crippen molar-refractivity contribution in [3.05, 3.63) is 0 Å². The van der Waals surface area contributed by atoms with Gasteiger partial charge in [0, 0.05) is 12.1 Å². The maximum atomic E-state index is 4.16. The summed E-state index contributed by atoms with van der Waals surface area (Å²) in [4.78, 5) is 0. The molecule has 0 saturated heterocycles. The molecule has 27 heavy (non-hydrogen) atoms. The van der Waals surface area contributed by atoms with E-state index in [1.807, 2.05) is 0 Å². The molecule has 0 amide bonds. The molecule has 0 heterocycles. The standard InChI is InChI=1S/C24H47N.2ClH/c1-3-7-11-15-19-23(20-16-12-8-4-1)25-24-21-17-13-9-5-2-6-10-14-18-22-24;;/h23-25H,1-22H2;2*1H. The zero-order valence-electron chi connectivity index (χ0n) is 18.0. The number of rotatable bonds is 2. The molecule has 0 atom stereocenters. The molecule has 1 N–H and O–H groups in total. The topological polar surface area (TPSA) is 12.0 Å². The van der Waals surface area contributed by atoms with Crippen molar-refractivity contribution in [2.45, 2.75) is 153 Å². The van der Waals surface area contributed by atoms with Crippen LogP contribution in [0, 0.1) is 0 Å². The minimum absolute atomic E-state index is 0. The third kappa shape index (κ3) is 15.1. The van der Waals surface area contributed by atoms with Crippen LogP contribution in [0.15, 0.2) is 0 Å². The van der Waals surface area contributed by atoms with Gasteiger partial charge in [0.1, 0.15) is 0 Å². The van der Waals surface area contributed by atoms with Gasteiger partial charge in [-0.05, 0) is 25.7 Å². The highest BCUT2D eigenvalue weighted by Crippen LogP contribution is 2.21. The zero-order valence-corrected chi connectivity index (χ0v) is 19.7. The summed E-state index contributed by atoms with van der Waals surface area (Å²) in [6, 6.07) is 1.63. The fourth-order valence-electron chi connectivity index (χ4n) is 4.99. The first-order valence-electron chi connectivity index (χ1n) is 12.2. The molecule has 2 aliphatic rings. The summed E-state index contributed by atoms with van der Waals surface area (Å²) in [6.07, 6.45) is 32.4. The molecule has 0 aliphatic heterocycles. The van der Waals surface area contributed by atoms with Gasteiger partial charge in [-0.2, -0.15) is 0 Å². The fourth-order valence-corrected chi connectivity index (χ4v) is 4.99. The van der Waals surface area contributed by atoms with Gasteiger partial charge in [0.25, 0.3) is 0 Å². The number of hydrogen-bond acceptors (Lipinski definition) is 1. The highest BCUT2D eigenvalue weighted by Gasteiger charge is 2.15. The molecule has 2 rings (SSSR count). The first kappa shape index (κ1) is 27.5. The van der Waals surface area contributed by atoms with E-state index in [0.29, 0.717) is 0 Å². The van der Waals surface area contributed by atoms with E-state index in [2.05, 4.69) is 5.32 Å². The van der Waals surface area contributed by atoms with E-state index in [0.717, 1.165) is 12.1 Å². The van der Waals surface area contributed by atoms with Crippen LogP contribution >= 0.6 is 24.8 Å². The Morgan fingerprint density at radius 1 is 0.296 bits per heavy atom. The quantitative estimate of drug-likeness (QED) is 0.469. The number of halogens is 2. The van der Waals surface area contributed by atoms with E-state index in [1.165, 1.54) is 141 Å². The lowest BCUT2D eigenvalue weighted by Crippen LogP contribution is -2.38. The first-order chi connectivity index (χ1) is 12.4. The number of hydrogen-bond donors (Lipinski definition) is 1. The summed E-state index contributed by atoms with van der Waals surface area (Å²) >= 11 is 0. The molecule has 2 fully saturated rings. The highest BCUT2D eigenvalue weighted by molar-refractivity contribution is 5.85. The largest absolute Gasteiger partial charge is 0.311 e. The third-order valence-corrected chi connectivity index (χ3v) is 6.68. The lowest BCUT2D eigenvalue weighted by Gasteiger charge is -2.27. The molecule has 3 heteroatoms. The Morgan fingerprint density at radius 3 is 0.704 bits per heavy atom. The summed E-state index contributed by atoms with van der Waals surface area (Å²) in [5.74, 6) is 0. The van der Waals surface area contributed by atoms with E-state index in [4.69, 9.17) is 0 Å². The predicted molar refractivity (Wildman–Crippen MR) is 127 cm³/mol. The second-order valence-corrected chi connectivity index (χ2v) is 9.08. The molecule has 0 aromatic rings. The van der Waals surface area contributed by atoms with Gasteiger partial charge >= 0.3 is 0 Å². The van der Waals surface area contributed by atoms with Crippen molar-refractivity contribution in [3.63, 3.8) is 0 Å². The minimum atomic E-state index is 0. The molecule has 2 saturated carbocycles. The van der Waals surface area contributed by atoms with Crippen LogP contribution in [0.1, 0.15) is 141 Å².